The summed E-state index contributed by atoms with van der Waals surface area (Å²) in [6, 6.07) is 10.2. The number of hydrogen-bond acceptors (Lipinski definition) is 2. The molecule has 0 saturated heterocycles. The van der Waals surface area contributed by atoms with Crippen LogP contribution in [0.5, 0.6) is 0 Å². The van der Waals surface area contributed by atoms with E-state index in [2.05, 4.69) is 17.5 Å². The van der Waals surface area contributed by atoms with Gasteiger partial charge < -0.3 is 5.32 Å². The van der Waals surface area contributed by atoms with Crippen LogP contribution in [-0.4, -0.2) is 6.54 Å². The van der Waals surface area contributed by atoms with Gasteiger partial charge in [0.25, 0.3) is 0 Å². The van der Waals surface area contributed by atoms with Crippen molar-refractivity contribution in [1.29, 1.82) is 5.26 Å². The topological polar surface area (TPSA) is 35.8 Å². The quantitative estimate of drug-likeness (QED) is 0.781. The van der Waals surface area contributed by atoms with Crippen molar-refractivity contribution in [2.75, 3.05) is 6.54 Å². The Labute approximate surface area is 109 Å². The Morgan fingerprint density at radius 1 is 1.41 bits per heavy atom. The first kappa shape index (κ1) is 14.0. The maximum atomic E-state index is 8.87. The second-order valence-corrected chi connectivity index (χ2v) is 5.34. The van der Waals surface area contributed by atoms with Crippen LogP contribution in [0, 0.1) is 16.7 Å². The van der Waals surface area contributed by atoms with Gasteiger partial charge in [-0.25, -0.2) is 0 Å². The van der Waals surface area contributed by atoms with Crippen LogP contribution in [0.15, 0.2) is 24.3 Å². The van der Waals surface area contributed by atoms with Crippen LogP contribution in [0.1, 0.15) is 32.3 Å². The van der Waals surface area contributed by atoms with Crippen molar-refractivity contribution >= 4 is 11.6 Å². The highest BCUT2D eigenvalue weighted by Crippen LogP contribution is 2.20. The number of nitriles is 1. The molecule has 1 N–H and O–H groups in total. The average Bonchev–Trinajstić information content (AvgIpc) is 2.29. The predicted molar refractivity (Wildman–Crippen MR) is 71.8 cm³/mol. The molecule has 0 aliphatic heterocycles. The van der Waals surface area contributed by atoms with Crippen molar-refractivity contribution in [2.24, 2.45) is 5.41 Å². The highest BCUT2D eigenvalue weighted by Gasteiger charge is 2.15. The standard InChI is InChI=1S/C14H19ClN2/c1-14(2,11-16)7-4-8-17-10-12-5-3-6-13(15)9-12/h3,5-6,9,17H,4,7-8,10H2,1-2H3. The van der Waals surface area contributed by atoms with E-state index in [0.717, 1.165) is 31.0 Å². The smallest absolute Gasteiger partial charge is 0.0683 e. The lowest BCUT2D eigenvalue weighted by Crippen LogP contribution is -2.17. The first-order chi connectivity index (χ1) is 8.03. The molecule has 0 amide bonds. The summed E-state index contributed by atoms with van der Waals surface area (Å²) in [6.45, 7) is 5.71. The molecule has 2 nitrogen and oxygen atoms in total. The van der Waals surface area contributed by atoms with E-state index in [1.165, 1.54) is 5.56 Å². The third-order valence-electron chi connectivity index (χ3n) is 2.68. The predicted octanol–water partition coefficient (Wildman–Crippen LogP) is 3.76. The van der Waals surface area contributed by atoms with Gasteiger partial charge in [0.2, 0.25) is 0 Å². The number of nitrogens with zero attached hydrogens (tertiary/aromatic N) is 1. The highest BCUT2D eigenvalue weighted by molar-refractivity contribution is 6.30. The summed E-state index contributed by atoms with van der Waals surface area (Å²) >= 11 is 5.90. The lowest BCUT2D eigenvalue weighted by atomic mass is 9.90. The van der Waals surface area contributed by atoms with Gasteiger partial charge in [-0.15, -0.1) is 0 Å². The Bertz CT molecular complexity index is 393. The zero-order chi connectivity index (χ0) is 12.7. The molecule has 3 heteroatoms. The van der Waals surface area contributed by atoms with E-state index in [0.29, 0.717) is 0 Å². The Morgan fingerprint density at radius 3 is 2.82 bits per heavy atom. The first-order valence-corrected chi connectivity index (χ1v) is 6.28. The normalized spacial score (nSPS) is 11.2. The van der Waals surface area contributed by atoms with Crippen LogP contribution in [-0.2, 0) is 6.54 Å². The molecule has 0 spiro atoms. The van der Waals surface area contributed by atoms with Crippen LogP contribution in [0.4, 0.5) is 0 Å². The monoisotopic (exact) mass is 250 g/mol. The van der Waals surface area contributed by atoms with Crippen LogP contribution in [0.25, 0.3) is 0 Å². The third-order valence-corrected chi connectivity index (χ3v) is 2.91. The van der Waals surface area contributed by atoms with Crippen LogP contribution in [0.3, 0.4) is 0 Å². The van der Waals surface area contributed by atoms with Crippen molar-refractivity contribution < 1.29 is 0 Å². The van der Waals surface area contributed by atoms with E-state index in [1.807, 2.05) is 32.0 Å². The number of benzene rings is 1. The molecule has 92 valence electrons. The molecule has 0 aromatic heterocycles. The molecule has 1 aromatic rings. The van der Waals surface area contributed by atoms with Gasteiger partial charge in [0.05, 0.1) is 11.5 Å². The zero-order valence-electron chi connectivity index (χ0n) is 10.5. The largest absolute Gasteiger partial charge is 0.313 e. The summed E-state index contributed by atoms with van der Waals surface area (Å²) in [6.07, 6.45) is 1.94. The molecule has 0 unspecified atom stereocenters. The maximum absolute atomic E-state index is 8.87. The second-order valence-electron chi connectivity index (χ2n) is 4.91. The van der Waals surface area contributed by atoms with Crippen LogP contribution >= 0.6 is 11.6 Å². The minimum atomic E-state index is -0.211. The molecule has 1 rings (SSSR count). The van der Waals surface area contributed by atoms with Gasteiger partial charge in [0, 0.05) is 11.6 Å². The van der Waals surface area contributed by atoms with E-state index in [1.54, 1.807) is 0 Å². The number of nitrogens with one attached hydrogen (secondary N) is 1. The Kier molecular flexibility index (Phi) is 5.47. The van der Waals surface area contributed by atoms with E-state index in [9.17, 15) is 0 Å². The maximum Gasteiger partial charge on any atom is 0.0683 e. The zero-order valence-corrected chi connectivity index (χ0v) is 11.2. The van der Waals surface area contributed by atoms with Crippen molar-refractivity contribution in [3.8, 4) is 6.07 Å². The van der Waals surface area contributed by atoms with E-state index >= 15 is 0 Å². The summed E-state index contributed by atoms with van der Waals surface area (Å²) in [7, 11) is 0. The van der Waals surface area contributed by atoms with Crippen LogP contribution in [0.2, 0.25) is 5.02 Å². The molecule has 0 saturated carbocycles. The summed E-state index contributed by atoms with van der Waals surface area (Å²) in [5.74, 6) is 0. The summed E-state index contributed by atoms with van der Waals surface area (Å²) in [5.41, 5.74) is 0.981. The van der Waals surface area contributed by atoms with Crippen molar-refractivity contribution in [2.45, 2.75) is 33.2 Å². The third kappa shape index (κ3) is 5.72. The molecule has 0 aliphatic rings. The van der Waals surface area contributed by atoms with Gasteiger partial charge in [0.1, 0.15) is 0 Å². The van der Waals surface area contributed by atoms with Gasteiger partial charge in [-0.2, -0.15) is 5.26 Å². The molecule has 1 aromatic carbocycles. The van der Waals surface area contributed by atoms with Crippen molar-refractivity contribution in [3.05, 3.63) is 34.9 Å². The summed E-state index contributed by atoms with van der Waals surface area (Å²) in [4.78, 5) is 0. The van der Waals surface area contributed by atoms with E-state index in [4.69, 9.17) is 16.9 Å². The highest BCUT2D eigenvalue weighted by atomic mass is 35.5. The molecule has 17 heavy (non-hydrogen) atoms. The minimum Gasteiger partial charge on any atom is -0.313 e. The number of halogens is 1. The summed E-state index contributed by atoms with van der Waals surface area (Å²) < 4.78 is 0. The van der Waals surface area contributed by atoms with E-state index < -0.39 is 0 Å². The summed E-state index contributed by atoms with van der Waals surface area (Å²) in [5, 5.41) is 13.0. The fourth-order valence-electron chi connectivity index (χ4n) is 1.59. The molecule has 0 radical (unpaired) electrons. The lowest BCUT2D eigenvalue weighted by Gasteiger charge is -2.14. The molecule has 0 aliphatic carbocycles. The number of hydrogen-bond donors (Lipinski definition) is 1. The molecule has 0 fully saturated rings. The first-order valence-electron chi connectivity index (χ1n) is 5.90. The Balaban J connectivity index is 2.19. The molecule has 0 atom stereocenters. The van der Waals surface area contributed by atoms with Crippen LogP contribution < -0.4 is 5.32 Å². The van der Waals surface area contributed by atoms with Gasteiger partial charge in [0.15, 0.2) is 0 Å². The Hall–Kier alpha value is -1.04. The molecule has 0 bridgehead atoms. The Morgan fingerprint density at radius 2 is 2.18 bits per heavy atom. The average molecular weight is 251 g/mol. The molecule has 0 heterocycles. The fraction of sp³-hybridized carbons (Fsp3) is 0.500. The number of rotatable bonds is 6. The molecular formula is C14H19ClN2. The van der Waals surface area contributed by atoms with Gasteiger partial charge in [-0.1, -0.05) is 23.7 Å². The minimum absolute atomic E-state index is 0.211. The van der Waals surface area contributed by atoms with Gasteiger partial charge >= 0.3 is 0 Å². The fourth-order valence-corrected chi connectivity index (χ4v) is 1.80. The SMILES string of the molecule is CC(C)(C#N)CCCNCc1cccc(Cl)c1. The lowest BCUT2D eigenvalue weighted by molar-refractivity contribution is 0.426. The second kappa shape index (κ2) is 6.64. The van der Waals surface area contributed by atoms with Gasteiger partial charge in [-0.05, 0) is 50.9 Å². The molecular weight excluding hydrogens is 232 g/mol. The van der Waals surface area contributed by atoms with Gasteiger partial charge in [-0.3, -0.25) is 0 Å². The van der Waals surface area contributed by atoms with E-state index in [-0.39, 0.29) is 5.41 Å². The van der Waals surface area contributed by atoms with Crippen molar-refractivity contribution in [3.63, 3.8) is 0 Å². The van der Waals surface area contributed by atoms with Crippen molar-refractivity contribution in [1.82, 2.24) is 5.32 Å².